The van der Waals surface area contributed by atoms with Crippen molar-refractivity contribution in [3.8, 4) is 11.4 Å². The number of hydrogen-bond acceptors (Lipinski definition) is 3. The van der Waals surface area contributed by atoms with Crippen LogP contribution in [-0.2, 0) is 6.54 Å². The summed E-state index contributed by atoms with van der Waals surface area (Å²) >= 11 is 13.9. The first kappa shape index (κ1) is 13.5. The zero-order chi connectivity index (χ0) is 12.6. The van der Waals surface area contributed by atoms with E-state index in [0.717, 1.165) is 25.5 Å². The third-order valence-electron chi connectivity index (χ3n) is 2.20. The van der Waals surface area contributed by atoms with Crippen LogP contribution in [0, 0.1) is 10.7 Å². The fourth-order valence-corrected chi connectivity index (χ4v) is 4.55. The Bertz CT molecular complexity index is 583. The van der Waals surface area contributed by atoms with Crippen molar-refractivity contribution in [3.05, 3.63) is 18.4 Å². The maximum atomic E-state index is 5.26. The summed E-state index contributed by atoms with van der Waals surface area (Å²) in [5, 5.41) is 7.18. The Kier molecular flexibility index (Phi) is 4.22. The highest BCUT2D eigenvalue weighted by Gasteiger charge is 2.15. The number of aromatic amines is 1. The third kappa shape index (κ3) is 2.89. The number of aromatic nitrogens is 3. The average Bonchev–Trinajstić information content (AvgIpc) is 2.71. The van der Waals surface area contributed by atoms with E-state index in [9.17, 15) is 0 Å². The van der Waals surface area contributed by atoms with E-state index in [1.54, 1.807) is 11.3 Å². The van der Waals surface area contributed by atoms with Crippen molar-refractivity contribution in [2.45, 2.75) is 20.4 Å². The van der Waals surface area contributed by atoms with Gasteiger partial charge in [0.05, 0.1) is 7.57 Å². The quantitative estimate of drug-likeness (QED) is 0.752. The minimum absolute atomic E-state index is 0.527. The molecule has 0 fully saturated rings. The van der Waals surface area contributed by atoms with Crippen LogP contribution < -0.4 is 0 Å². The fourth-order valence-electron chi connectivity index (χ4n) is 1.55. The summed E-state index contributed by atoms with van der Waals surface area (Å²) in [7, 11) is 0. The van der Waals surface area contributed by atoms with Gasteiger partial charge >= 0.3 is 0 Å². The number of thiophene rings is 1. The number of nitrogens with zero attached hydrogens (tertiary/aromatic N) is 2. The highest BCUT2D eigenvalue weighted by Crippen LogP contribution is 2.37. The van der Waals surface area contributed by atoms with E-state index in [-0.39, 0.29) is 0 Å². The van der Waals surface area contributed by atoms with E-state index >= 15 is 0 Å². The number of hydrogen-bond donors (Lipinski definition) is 1. The van der Waals surface area contributed by atoms with Gasteiger partial charge in [-0.05, 0) is 56.1 Å². The molecule has 0 spiro atoms. The predicted octanol–water partition coefficient (Wildman–Crippen LogP) is 4.85. The Labute approximate surface area is 126 Å². The SMILES string of the molecule is CC(C)Cn1c(-c2cc(Br)sc2Br)n[nH]c1=S. The lowest BCUT2D eigenvalue weighted by atomic mass is 10.2. The molecule has 0 unspecified atom stereocenters. The monoisotopic (exact) mass is 395 g/mol. The number of nitrogens with one attached hydrogen (secondary N) is 1. The Morgan fingerprint density at radius 3 is 2.76 bits per heavy atom. The molecule has 0 saturated heterocycles. The lowest BCUT2D eigenvalue weighted by Crippen LogP contribution is -2.06. The van der Waals surface area contributed by atoms with E-state index in [1.807, 2.05) is 4.57 Å². The van der Waals surface area contributed by atoms with Crippen molar-refractivity contribution in [2.24, 2.45) is 5.92 Å². The van der Waals surface area contributed by atoms with Gasteiger partial charge in [-0.25, -0.2) is 0 Å². The lowest BCUT2D eigenvalue weighted by Gasteiger charge is -2.08. The number of halogens is 2. The van der Waals surface area contributed by atoms with Crippen molar-refractivity contribution in [1.82, 2.24) is 14.8 Å². The summed E-state index contributed by atoms with van der Waals surface area (Å²) in [4.78, 5) is 0. The van der Waals surface area contributed by atoms with Crippen LogP contribution >= 0.6 is 55.4 Å². The standard InChI is InChI=1S/C10H11Br2N3S2/c1-5(2)4-15-9(13-14-10(15)16)6-3-7(11)17-8(6)12/h3,5H,4H2,1-2H3,(H,14,16). The van der Waals surface area contributed by atoms with Crippen LogP contribution in [-0.4, -0.2) is 14.8 Å². The molecule has 0 aliphatic rings. The molecule has 0 amide bonds. The van der Waals surface area contributed by atoms with Gasteiger partial charge in [0.15, 0.2) is 10.6 Å². The predicted molar refractivity (Wildman–Crippen MR) is 81.0 cm³/mol. The molecule has 2 heterocycles. The topological polar surface area (TPSA) is 33.6 Å². The zero-order valence-electron chi connectivity index (χ0n) is 9.33. The zero-order valence-corrected chi connectivity index (χ0v) is 14.1. The molecule has 2 rings (SSSR count). The van der Waals surface area contributed by atoms with Crippen LogP contribution in [0.5, 0.6) is 0 Å². The molecule has 92 valence electrons. The molecule has 0 radical (unpaired) electrons. The number of rotatable bonds is 3. The molecule has 2 aromatic heterocycles. The maximum Gasteiger partial charge on any atom is 0.195 e. The molecular weight excluding hydrogens is 386 g/mol. The second-order valence-corrected chi connectivity index (χ2v) is 8.23. The third-order valence-corrected chi connectivity index (χ3v) is 4.85. The first-order valence-electron chi connectivity index (χ1n) is 5.09. The van der Waals surface area contributed by atoms with Crippen LogP contribution in [0.3, 0.4) is 0 Å². The van der Waals surface area contributed by atoms with Gasteiger partial charge in [0.25, 0.3) is 0 Å². The lowest BCUT2D eigenvalue weighted by molar-refractivity contribution is 0.521. The van der Waals surface area contributed by atoms with Gasteiger partial charge in [-0.3, -0.25) is 9.67 Å². The second-order valence-electron chi connectivity index (χ2n) is 4.09. The van der Waals surface area contributed by atoms with E-state index in [0.29, 0.717) is 10.7 Å². The smallest absolute Gasteiger partial charge is 0.195 e. The molecule has 0 saturated carbocycles. The minimum Gasteiger partial charge on any atom is -0.300 e. The summed E-state index contributed by atoms with van der Waals surface area (Å²) in [5.41, 5.74) is 1.06. The van der Waals surface area contributed by atoms with E-state index in [1.165, 1.54) is 0 Å². The Hall–Kier alpha value is 0.0200. The molecule has 0 atom stereocenters. The Morgan fingerprint density at radius 1 is 1.53 bits per heavy atom. The first-order valence-corrected chi connectivity index (χ1v) is 7.90. The second kappa shape index (κ2) is 5.34. The van der Waals surface area contributed by atoms with E-state index in [2.05, 4.69) is 62.0 Å². The van der Waals surface area contributed by atoms with Gasteiger partial charge < -0.3 is 0 Å². The van der Waals surface area contributed by atoms with Crippen molar-refractivity contribution < 1.29 is 0 Å². The molecule has 1 N–H and O–H groups in total. The molecule has 17 heavy (non-hydrogen) atoms. The van der Waals surface area contributed by atoms with Crippen LogP contribution in [0.1, 0.15) is 13.8 Å². The van der Waals surface area contributed by atoms with Crippen molar-refractivity contribution >= 4 is 55.4 Å². The Balaban J connectivity index is 2.52. The summed E-state index contributed by atoms with van der Waals surface area (Å²) < 4.78 is 4.84. The molecule has 7 heteroatoms. The molecule has 0 aliphatic heterocycles. The molecule has 0 aromatic carbocycles. The maximum absolute atomic E-state index is 5.26. The van der Waals surface area contributed by atoms with Gasteiger partial charge in [-0.15, -0.1) is 11.3 Å². The van der Waals surface area contributed by atoms with Gasteiger partial charge in [-0.2, -0.15) is 5.10 Å². The normalized spacial score (nSPS) is 11.4. The highest BCUT2D eigenvalue weighted by atomic mass is 79.9. The summed E-state index contributed by atoms with van der Waals surface area (Å²) in [5.74, 6) is 1.41. The molecule has 3 nitrogen and oxygen atoms in total. The van der Waals surface area contributed by atoms with Crippen LogP contribution in [0.15, 0.2) is 13.6 Å². The fraction of sp³-hybridized carbons (Fsp3) is 0.400. The largest absolute Gasteiger partial charge is 0.300 e. The van der Waals surface area contributed by atoms with Crippen LogP contribution in [0.2, 0.25) is 0 Å². The van der Waals surface area contributed by atoms with Crippen molar-refractivity contribution in [1.29, 1.82) is 0 Å². The first-order chi connectivity index (χ1) is 7.99. The van der Waals surface area contributed by atoms with Gasteiger partial charge in [-0.1, -0.05) is 13.8 Å². The molecule has 0 bridgehead atoms. The number of H-pyrrole nitrogens is 1. The molecule has 0 aliphatic carbocycles. The van der Waals surface area contributed by atoms with E-state index < -0.39 is 0 Å². The van der Waals surface area contributed by atoms with Gasteiger partial charge in [0, 0.05) is 12.1 Å². The van der Waals surface area contributed by atoms with Crippen molar-refractivity contribution in [2.75, 3.05) is 0 Å². The van der Waals surface area contributed by atoms with Crippen molar-refractivity contribution in [3.63, 3.8) is 0 Å². The molecular formula is C10H11Br2N3S2. The average molecular weight is 397 g/mol. The minimum atomic E-state index is 0.527. The summed E-state index contributed by atoms with van der Waals surface area (Å²) in [6, 6.07) is 2.05. The Morgan fingerprint density at radius 2 is 2.24 bits per heavy atom. The van der Waals surface area contributed by atoms with Crippen LogP contribution in [0.4, 0.5) is 0 Å². The molecule has 2 aromatic rings. The summed E-state index contributed by atoms with van der Waals surface area (Å²) in [6.07, 6.45) is 0. The van der Waals surface area contributed by atoms with Gasteiger partial charge in [0.2, 0.25) is 0 Å². The van der Waals surface area contributed by atoms with Crippen LogP contribution in [0.25, 0.3) is 11.4 Å². The van der Waals surface area contributed by atoms with Gasteiger partial charge in [0.1, 0.15) is 0 Å². The van der Waals surface area contributed by atoms with E-state index in [4.69, 9.17) is 12.2 Å². The highest BCUT2D eigenvalue weighted by molar-refractivity contribution is 9.12. The summed E-state index contributed by atoms with van der Waals surface area (Å²) in [6.45, 7) is 5.19.